The zero-order chi connectivity index (χ0) is 20.5. The highest BCUT2D eigenvalue weighted by Gasteiger charge is 2.24. The van der Waals surface area contributed by atoms with E-state index in [1.54, 1.807) is 12.1 Å². The van der Waals surface area contributed by atoms with Gasteiger partial charge in [0.05, 0.1) is 24.5 Å². The molecule has 0 bridgehead atoms. The Hall–Kier alpha value is -3.52. The fraction of sp³-hybridized carbons (Fsp3) is 0.143. The first-order chi connectivity index (χ1) is 13.9. The lowest BCUT2D eigenvalue weighted by Gasteiger charge is -2.27. The summed E-state index contributed by atoms with van der Waals surface area (Å²) in [4.78, 5) is 24.1. The van der Waals surface area contributed by atoms with Gasteiger partial charge in [-0.15, -0.1) is 0 Å². The molecule has 1 aliphatic rings. The molecule has 29 heavy (non-hydrogen) atoms. The van der Waals surface area contributed by atoms with Gasteiger partial charge in [0.1, 0.15) is 11.9 Å². The Morgan fingerprint density at radius 2 is 1.76 bits per heavy atom. The number of hydrogen-bond acceptors (Lipinski definition) is 4. The van der Waals surface area contributed by atoms with Crippen molar-refractivity contribution in [3.8, 4) is 5.75 Å². The van der Waals surface area contributed by atoms with Gasteiger partial charge in [0.25, 0.3) is 5.91 Å². The average molecular weight is 399 g/mol. The molecule has 2 N–H and O–H groups in total. The molecule has 1 saturated heterocycles. The summed E-state index contributed by atoms with van der Waals surface area (Å²) < 4.78 is 37.9. The van der Waals surface area contributed by atoms with E-state index >= 15 is 0 Å². The third-order valence-corrected chi connectivity index (χ3v) is 4.52. The summed E-state index contributed by atoms with van der Waals surface area (Å²) in [6.45, 7) is 0.610. The first-order valence-electron chi connectivity index (χ1n) is 8.72. The van der Waals surface area contributed by atoms with Crippen LogP contribution in [-0.2, 0) is 4.74 Å². The molecule has 0 aromatic heterocycles. The Morgan fingerprint density at radius 3 is 2.45 bits per heavy atom. The van der Waals surface area contributed by atoms with Gasteiger partial charge >= 0.3 is 5.97 Å². The van der Waals surface area contributed by atoms with Crippen molar-refractivity contribution in [1.29, 1.82) is 0 Å². The molecule has 3 aromatic rings. The molecule has 0 atom stereocenters. The van der Waals surface area contributed by atoms with Crippen molar-refractivity contribution in [2.75, 3.05) is 18.5 Å². The van der Waals surface area contributed by atoms with Crippen LogP contribution in [0.2, 0.25) is 0 Å². The molecule has 4 rings (SSSR count). The zero-order valence-corrected chi connectivity index (χ0v) is 14.9. The summed E-state index contributed by atoms with van der Waals surface area (Å²) in [5.41, 5.74) is -0.270. The number of fused-ring (bicyclic) bond motifs is 1. The first kappa shape index (κ1) is 18.8. The van der Waals surface area contributed by atoms with Crippen molar-refractivity contribution in [2.45, 2.75) is 6.10 Å². The Labute approximate surface area is 163 Å². The molecule has 1 amide bonds. The predicted molar refractivity (Wildman–Crippen MR) is 100 cm³/mol. The van der Waals surface area contributed by atoms with Crippen LogP contribution < -0.4 is 10.1 Å². The Kier molecular flexibility index (Phi) is 4.85. The fourth-order valence-corrected chi connectivity index (χ4v) is 2.94. The number of halogens is 2. The van der Waals surface area contributed by atoms with E-state index in [0.717, 1.165) is 12.1 Å². The number of carbonyl (C=O) groups is 2. The maximum Gasteiger partial charge on any atom is 0.337 e. The molecule has 0 saturated carbocycles. The third-order valence-electron chi connectivity index (χ3n) is 4.52. The SMILES string of the molecule is O=C(Nc1cc(OC2COC2)c(F)cc1C(=O)O)c1ccc2cc(F)ccc2c1. The van der Waals surface area contributed by atoms with E-state index in [4.69, 9.17) is 9.47 Å². The number of rotatable bonds is 5. The lowest BCUT2D eigenvalue weighted by molar-refractivity contribution is -0.0808. The van der Waals surface area contributed by atoms with Gasteiger partial charge in [0.2, 0.25) is 0 Å². The summed E-state index contributed by atoms with van der Waals surface area (Å²) in [5.74, 6) is -3.40. The van der Waals surface area contributed by atoms with Gasteiger partial charge in [0, 0.05) is 11.6 Å². The van der Waals surface area contributed by atoms with Crippen molar-refractivity contribution < 1.29 is 33.0 Å². The van der Waals surface area contributed by atoms with Crippen LogP contribution in [0.5, 0.6) is 5.75 Å². The normalized spacial score (nSPS) is 13.7. The number of ether oxygens (including phenoxy) is 2. The van der Waals surface area contributed by atoms with E-state index < -0.39 is 29.1 Å². The summed E-state index contributed by atoms with van der Waals surface area (Å²) in [6.07, 6.45) is -0.329. The lowest BCUT2D eigenvalue weighted by atomic mass is 10.1. The number of carbonyl (C=O) groups excluding carboxylic acids is 1. The van der Waals surface area contributed by atoms with Gasteiger partial charge in [-0.25, -0.2) is 13.6 Å². The van der Waals surface area contributed by atoms with Crippen LogP contribution in [-0.4, -0.2) is 36.3 Å². The van der Waals surface area contributed by atoms with Crippen molar-refractivity contribution in [3.63, 3.8) is 0 Å². The number of anilines is 1. The fourth-order valence-electron chi connectivity index (χ4n) is 2.94. The monoisotopic (exact) mass is 399 g/mol. The van der Waals surface area contributed by atoms with Crippen molar-refractivity contribution in [3.05, 3.63) is 71.3 Å². The second-order valence-electron chi connectivity index (χ2n) is 6.57. The molecule has 6 nitrogen and oxygen atoms in total. The zero-order valence-electron chi connectivity index (χ0n) is 14.9. The van der Waals surface area contributed by atoms with E-state index in [2.05, 4.69) is 5.32 Å². The number of amides is 1. The van der Waals surface area contributed by atoms with E-state index in [-0.39, 0.29) is 23.1 Å². The van der Waals surface area contributed by atoms with Crippen LogP contribution in [0, 0.1) is 11.6 Å². The van der Waals surface area contributed by atoms with Gasteiger partial charge in [-0.3, -0.25) is 4.79 Å². The molecule has 1 heterocycles. The molecular formula is C21H15F2NO5. The molecule has 148 valence electrons. The third kappa shape index (κ3) is 3.88. The summed E-state index contributed by atoms with van der Waals surface area (Å²) in [5, 5.41) is 13.1. The molecule has 8 heteroatoms. The van der Waals surface area contributed by atoms with E-state index in [0.29, 0.717) is 24.0 Å². The molecule has 1 aliphatic heterocycles. The van der Waals surface area contributed by atoms with Crippen molar-refractivity contribution >= 4 is 28.3 Å². The quantitative estimate of drug-likeness (QED) is 0.681. The number of nitrogens with one attached hydrogen (secondary N) is 1. The smallest absolute Gasteiger partial charge is 0.337 e. The van der Waals surface area contributed by atoms with Crippen molar-refractivity contribution in [1.82, 2.24) is 0 Å². The number of benzene rings is 3. The van der Waals surface area contributed by atoms with Crippen LogP contribution in [0.4, 0.5) is 14.5 Å². The van der Waals surface area contributed by atoms with E-state index in [9.17, 15) is 23.5 Å². The minimum Gasteiger partial charge on any atom is -0.482 e. The molecule has 0 unspecified atom stereocenters. The predicted octanol–water partition coefficient (Wildman–Crippen LogP) is 3.85. The molecule has 0 spiro atoms. The van der Waals surface area contributed by atoms with Crippen molar-refractivity contribution in [2.24, 2.45) is 0 Å². The van der Waals surface area contributed by atoms with Gasteiger partial charge in [0.15, 0.2) is 11.6 Å². The average Bonchev–Trinajstić information content (AvgIpc) is 2.65. The Bertz CT molecular complexity index is 1130. The highest BCUT2D eigenvalue weighted by molar-refractivity contribution is 6.09. The summed E-state index contributed by atoms with van der Waals surface area (Å²) in [6, 6.07) is 10.7. The number of hydrogen-bond donors (Lipinski definition) is 2. The standard InChI is InChI=1S/C21H15F2NO5/c22-14-4-3-11-5-13(2-1-12(11)6-14)20(25)24-18-8-19(29-15-9-28-10-15)17(23)7-16(18)21(26)27/h1-8,15H,9-10H2,(H,24,25)(H,26,27). The van der Waals surface area contributed by atoms with Gasteiger partial charge in [-0.1, -0.05) is 12.1 Å². The highest BCUT2D eigenvalue weighted by atomic mass is 19.1. The largest absolute Gasteiger partial charge is 0.482 e. The summed E-state index contributed by atoms with van der Waals surface area (Å²) in [7, 11) is 0. The van der Waals surface area contributed by atoms with Crippen LogP contribution in [0.3, 0.4) is 0 Å². The lowest BCUT2D eigenvalue weighted by Crippen LogP contribution is -2.38. The molecule has 1 fully saturated rings. The van der Waals surface area contributed by atoms with Gasteiger partial charge in [-0.2, -0.15) is 0 Å². The Balaban J connectivity index is 1.64. The molecule has 0 aliphatic carbocycles. The van der Waals surface area contributed by atoms with Crippen LogP contribution >= 0.6 is 0 Å². The second-order valence-corrected chi connectivity index (χ2v) is 6.57. The maximum absolute atomic E-state index is 14.2. The van der Waals surface area contributed by atoms with Crippen LogP contribution in [0.1, 0.15) is 20.7 Å². The second kappa shape index (κ2) is 7.48. The number of carboxylic acids is 1. The van der Waals surface area contributed by atoms with E-state index in [1.165, 1.54) is 24.3 Å². The highest BCUT2D eigenvalue weighted by Crippen LogP contribution is 2.29. The molecular weight excluding hydrogens is 384 g/mol. The van der Waals surface area contributed by atoms with Crippen LogP contribution in [0.15, 0.2) is 48.5 Å². The molecule has 3 aromatic carbocycles. The molecule has 0 radical (unpaired) electrons. The summed E-state index contributed by atoms with van der Waals surface area (Å²) >= 11 is 0. The van der Waals surface area contributed by atoms with Crippen LogP contribution in [0.25, 0.3) is 10.8 Å². The minimum absolute atomic E-state index is 0.0988. The topological polar surface area (TPSA) is 84.9 Å². The van der Waals surface area contributed by atoms with E-state index in [1.807, 2.05) is 0 Å². The minimum atomic E-state index is -1.40. The Morgan fingerprint density at radius 1 is 1.03 bits per heavy atom. The van der Waals surface area contributed by atoms with Gasteiger partial charge < -0.3 is 19.9 Å². The number of aromatic carboxylic acids is 1. The number of carboxylic acid groups (broad SMARTS) is 1. The first-order valence-corrected chi connectivity index (χ1v) is 8.72. The van der Waals surface area contributed by atoms with Gasteiger partial charge in [-0.05, 0) is 41.1 Å². The maximum atomic E-state index is 14.2.